The Hall–Kier alpha value is -4.29. The number of carbonyl (C=O) groups is 1. The first kappa shape index (κ1) is 30.2. The quantitative estimate of drug-likeness (QED) is 0.315. The summed E-state index contributed by atoms with van der Waals surface area (Å²) in [5.74, 6) is -0.0626. The summed E-state index contributed by atoms with van der Waals surface area (Å²) in [6.07, 6.45) is 3.04. The molecule has 1 aromatic heterocycles. The lowest BCUT2D eigenvalue weighted by atomic mass is 10.0. The van der Waals surface area contributed by atoms with Gasteiger partial charge in [-0.1, -0.05) is 13.5 Å². The summed E-state index contributed by atoms with van der Waals surface area (Å²) in [5.41, 5.74) is 2.17. The normalized spacial score (nSPS) is 20.7. The van der Waals surface area contributed by atoms with Crippen molar-refractivity contribution in [2.24, 2.45) is 0 Å². The second kappa shape index (κ2) is 12.9. The van der Waals surface area contributed by atoms with E-state index >= 15 is 0 Å². The number of aromatic nitrogens is 2. The molecule has 3 aromatic rings. The van der Waals surface area contributed by atoms with Crippen LogP contribution in [0.2, 0.25) is 0 Å². The van der Waals surface area contributed by atoms with E-state index in [0.29, 0.717) is 53.9 Å². The van der Waals surface area contributed by atoms with Gasteiger partial charge in [-0.15, -0.1) is 0 Å². The molecule has 5 rings (SSSR count). The molecule has 0 aliphatic carbocycles. The van der Waals surface area contributed by atoms with Gasteiger partial charge in [0.2, 0.25) is 5.91 Å². The molecule has 3 heterocycles. The first-order valence-electron chi connectivity index (χ1n) is 14.3. The Labute approximate surface area is 250 Å². The largest absolute Gasteiger partial charge is 0.494 e. The van der Waals surface area contributed by atoms with E-state index < -0.39 is 17.7 Å². The lowest BCUT2D eigenvalue weighted by Gasteiger charge is -2.45. The minimum atomic E-state index is -0.564. The molecule has 0 spiro atoms. The van der Waals surface area contributed by atoms with E-state index in [9.17, 15) is 13.6 Å². The highest BCUT2D eigenvalue weighted by Crippen LogP contribution is 2.41. The number of anilines is 5. The average molecular weight is 594 g/mol. The predicted octanol–water partition coefficient (Wildman–Crippen LogP) is 5.43. The van der Waals surface area contributed by atoms with Crippen molar-refractivity contribution in [2.75, 3.05) is 53.9 Å². The van der Waals surface area contributed by atoms with Crippen LogP contribution in [0.15, 0.2) is 55.4 Å². The number of hydroxylamine groups is 1. The lowest BCUT2D eigenvalue weighted by molar-refractivity contribution is -0.111. The van der Waals surface area contributed by atoms with E-state index in [1.165, 1.54) is 23.5 Å². The van der Waals surface area contributed by atoms with Gasteiger partial charge in [-0.05, 0) is 50.7 Å². The van der Waals surface area contributed by atoms with Crippen molar-refractivity contribution in [1.82, 2.24) is 14.9 Å². The van der Waals surface area contributed by atoms with Crippen LogP contribution in [0, 0.1) is 11.6 Å². The van der Waals surface area contributed by atoms with E-state index in [0.717, 1.165) is 37.5 Å². The van der Waals surface area contributed by atoms with Gasteiger partial charge in [0.1, 0.15) is 29.5 Å². The molecule has 2 aliphatic heterocycles. The fourth-order valence-corrected chi connectivity index (χ4v) is 5.98. The Balaban J connectivity index is 1.46. The SMILES string of the molecule is C=CC(=O)Nc1cc(Nc2cc(N3OCCC3c3cc(F)ccc3F)ncn2)c(OC)cc1N1C[C@@H](C)N(CC)[C@@H](C)C1. The van der Waals surface area contributed by atoms with Crippen LogP contribution < -0.4 is 25.3 Å². The van der Waals surface area contributed by atoms with Crippen LogP contribution >= 0.6 is 0 Å². The summed E-state index contributed by atoms with van der Waals surface area (Å²) in [6, 6.07) is 8.79. The summed E-state index contributed by atoms with van der Waals surface area (Å²) < 4.78 is 34.3. The monoisotopic (exact) mass is 593 g/mol. The van der Waals surface area contributed by atoms with Crippen molar-refractivity contribution in [3.05, 3.63) is 72.6 Å². The molecule has 12 heteroatoms. The van der Waals surface area contributed by atoms with Gasteiger partial charge in [-0.3, -0.25) is 14.5 Å². The van der Waals surface area contributed by atoms with Crippen molar-refractivity contribution < 1.29 is 23.1 Å². The van der Waals surface area contributed by atoms with Crippen LogP contribution in [0.1, 0.15) is 38.8 Å². The van der Waals surface area contributed by atoms with Gasteiger partial charge >= 0.3 is 0 Å². The van der Waals surface area contributed by atoms with E-state index in [1.807, 2.05) is 6.07 Å². The Morgan fingerprint density at radius 2 is 1.91 bits per heavy atom. The first-order chi connectivity index (χ1) is 20.7. The number of hydrogen-bond acceptors (Lipinski definition) is 9. The number of ether oxygens (including phenoxy) is 1. The summed E-state index contributed by atoms with van der Waals surface area (Å²) in [7, 11) is 1.58. The Morgan fingerprint density at radius 1 is 1.14 bits per heavy atom. The van der Waals surface area contributed by atoms with Crippen LogP contribution in [-0.2, 0) is 9.63 Å². The highest BCUT2D eigenvalue weighted by Gasteiger charge is 2.32. The average Bonchev–Trinajstić information content (AvgIpc) is 3.48. The minimum Gasteiger partial charge on any atom is -0.494 e. The van der Waals surface area contributed by atoms with Crippen LogP contribution in [0.3, 0.4) is 0 Å². The number of likely N-dealkylation sites (N-methyl/N-ethyl adjacent to an activating group) is 1. The van der Waals surface area contributed by atoms with Crippen LogP contribution in [0.5, 0.6) is 5.75 Å². The Bertz CT molecular complexity index is 1480. The van der Waals surface area contributed by atoms with Gasteiger partial charge in [0.25, 0.3) is 0 Å². The second-order valence-corrected chi connectivity index (χ2v) is 10.7. The number of nitrogens with zero attached hydrogens (tertiary/aromatic N) is 5. The lowest BCUT2D eigenvalue weighted by Crippen LogP contribution is -2.56. The van der Waals surface area contributed by atoms with Gasteiger partial charge in [-0.2, -0.15) is 0 Å². The number of piperazine rings is 1. The molecule has 2 N–H and O–H groups in total. The van der Waals surface area contributed by atoms with Crippen LogP contribution in [0.4, 0.5) is 37.5 Å². The predicted molar refractivity (Wildman–Crippen MR) is 163 cm³/mol. The van der Waals surface area contributed by atoms with E-state index in [2.05, 4.69) is 57.8 Å². The number of halogens is 2. The molecule has 2 aliphatic rings. The fraction of sp³-hybridized carbons (Fsp3) is 0.387. The van der Waals surface area contributed by atoms with Crippen molar-refractivity contribution in [2.45, 2.75) is 45.3 Å². The van der Waals surface area contributed by atoms with E-state index in [1.54, 1.807) is 19.2 Å². The van der Waals surface area contributed by atoms with Crippen molar-refractivity contribution >= 4 is 34.6 Å². The van der Waals surface area contributed by atoms with Crippen molar-refractivity contribution in [3.63, 3.8) is 0 Å². The number of amides is 1. The molecule has 0 bridgehead atoms. The van der Waals surface area contributed by atoms with Gasteiger partial charge < -0.3 is 20.3 Å². The van der Waals surface area contributed by atoms with Crippen molar-refractivity contribution in [1.29, 1.82) is 0 Å². The number of benzene rings is 2. The Kier molecular flexibility index (Phi) is 9.07. The topological polar surface area (TPSA) is 95.1 Å². The molecule has 1 amide bonds. The molecule has 43 heavy (non-hydrogen) atoms. The zero-order valence-corrected chi connectivity index (χ0v) is 24.8. The van der Waals surface area contributed by atoms with E-state index in [-0.39, 0.29) is 11.5 Å². The van der Waals surface area contributed by atoms with Gasteiger partial charge in [0.15, 0.2) is 5.82 Å². The maximum Gasteiger partial charge on any atom is 0.247 e. The second-order valence-electron chi connectivity index (χ2n) is 10.7. The zero-order chi connectivity index (χ0) is 30.7. The number of methoxy groups -OCH3 is 1. The zero-order valence-electron chi connectivity index (χ0n) is 24.8. The highest BCUT2D eigenvalue weighted by atomic mass is 19.1. The third kappa shape index (κ3) is 6.40. The highest BCUT2D eigenvalue weighted by molar-refractivity contribution is 6.02. The molecule has 1 unspecified atom stereocenters. The third-order valence-electron chi connectivity index (χ3n) is 7.93. The number of nitrogens with one attached hydrogen (secondary N) is 2. The van der Waals surface area contributed by atoms with Gasteiger partial charge in [0, 0.05) is 49.3 Å². The maximum absolute atomic E-state index is 14.6. The first-order valence-corrected chi connectivity index (χ1v) is 14.3. The molecule has 0 saturated carbocycles. The summed E-state index contributed by atoms with van der Waals surface area (Å²) in [6.45, 7) is 13.0. The maximum atomic E-state index is 14.6. The number of rotatable bonds is 9. The van der Waals surface area contributed by atoms with Gasteiger partial charge in [-0.25, -0.2) is 23.8 Å². The smallest absolute Gasteiger partial charge is 0.247 e. The number of hydrogen-bond donors (Lipinski definition) is 2. The molecule has 2 aromatic carbocycles. The molecule has 10 nitrogen and oxygen atoms in total. The molecular formula is C31H37F2N7O3. The molecular weight excluding hydrogens is 556 g/mol. The molecule has 0 radical (unpaired) electrons. The van der Waals surface area contributed by atoms with Gasteiger partial charge in [0.05, 0.1) is 36.8 Å². The molecule has 3 atom stereocenters. The summed E-state index contributed by atoms with van der Waals surface area (Å²) in [4.78, 5) is 31.6. The fourth-order valence-electron chi connectivity index (χ4n) is 5.98. The third-order valence-corrected chi connectivity index (χ3v) is 7.93. The number of carbonyl (C=O) groups excluding carboxylic acids is 1. The summed E-state index contributed by atoms with van der Waals surface area (Å²) in [5, 5.41) is 7.68. The van der Waals surface area contributed by atoms with E-state index in [4.69, 9.17) is 9.57 Å². The minimum absolute atomic E-state index is 0.189. The van der Waals surface area contributed by atoms with Crippen LogP contribution in [-0.4, -0.2) is 66.2 Å². The summed E-state index contributed by atoms with van der Waals surface area (Å²) >= 11 is 0. The Morgan fingerprint density at radius 3 is 2.60 bits per heavy atom. The molecule has 228 valence electrons. The molecule has 2 fully saturated rings. The standard InChI is InChI=1S/C31H37F2N7O3/c1-6-31(41)37-24-13-25(28(42-5)14-27(24)38-16-19(3)39(7-2)20(4)17-38)36-29-15-30(35-18-34-29)40-26(10-11-43-40)22-12-21(32)8-9-23(22)33/h6,8-9,12-15,18-20,26H,1,7,10-11,16-17H2,2-5H3,(H,37,41)(H,34,35,36)/t19-,20+,26?. The molecule has 2 saturated heterocycles. The van der Waals surface area contributed by atoms with Crippen molar-refractivity contribution in [3.8, 4) is 5.75 Å². The van der Waals surface area contributed by atoms with Crippen LogP contribution in [0.25, 0.3) is 0 Å².